The highest BCUT2D eigenvalue weighted by atomic mass is 79.9. The molecule has 0 aliphatic heterocycles. The van der Waals surface area contributed by atoms with E-state index >= 15 is 0 Å². The highest BCUT2D eigenvalue weighted by molar-refractivity contribution is 9.10. The van der Waals surface area contributed by atoms with Crippen LogP contribution in [0.4, 0.5) is 0 Å². The number of halogens is 2. The maximum absolute atomic E-state index is 6.42. The lowest BCUT2D eigenvalue weighted by atomic mass is 9.76. The molecule has 0 unspecified atom stereocenters. The first-order valence-electron chi connectivity index (χ1n) is 9.75. The van der Waals surface area contributed by atoms with Gasteiger partial charge >= 0.3 is 0 Å². The molecule has 0 saturated carbocycles. The van der Waals surface area contributed by atoms with Gasteiger partial charge in [0.05, 0.1) is 10.5 Å². The van der Waals surface area contributed by atoms with Crippen molar-refractivity contribution in [2.75, 3.05) is 0 Å². The van der Waals surface area contributed by atoms with Crippen molar-refractivity contribution in [2.45, 2.75) is 46.6 Å². The Bertz CT molecular complexity index is 1240. The van der Waals surface area contributed by atoms with E-state index in [0.717, 1.165) is 46.9 Å². The van der Waals surface area contributed by atoms with Crippen LogP contribution in [0.1, 0.15) is 38.4 Å². The van der Waals surface area contributed by atoms with E-state index in [2.05, 4.69) is 51.5 Å². The largest absolute Gasteiger partial charge is 0.330 e. The van der Waals surface area contributed by atoms with Gasteiger partial charge in [0, 0.05) is 33.9 Å². The van der Waals surface area contributed by atoms with Crippen molar-refractivity contribution in [3.8, 4) is 17.5 Å². The number of fused-ring (bicyclic) bond motifs is 2. The van der Waals surface area contributed by atoms with E-state index in [-0.39, 0.29) is 5.41 Å². The maximum atomic E-state index is 6.42. The Balaban J connectivity index is 1.59. The topological polar surface area (TPSA) is 61.7 Å². The molecule has 0 amide bonds. The predicted molar refractivity (Wildman–Crippen MR) is 117 cm³/mol. The fraction of sp³-hybridized carbons (Fsp3) is 0.381. The molecule has 0 spiro atoms. The van der Waals surface area contributed by atoms with Crippen LogP contribution in [-0.4, -0.2) is 24.5 Å². The number of aryl methyl sites for hydroxylation is 1. The summed E-state index contributed by atoms with van der Waals surface area (Å²) in [5.74, 6) is 0.911. The number of benzene rings is 1. The smallest absolute Gasteiger partial charge is 0.280 e. The van der Waals surface area contributed by atoms with Gasteiger partial charge in [-0.05, 0) is 55.0 Å². The lowest BCUT2D eigenvalue weighted by Gasteiger charge is -2.30. The standard InChI is InChI=1S/C21H21BrClN5O/c1-4-28-17-10-21(2,3)8-7-13(17)18(25-28)19-24-20(26-29-19)27-11-15(23)14-9-12(22)5-6-16(14)27/h5-6,9,11H,4,7-8,10H2,1-3H3. The molecule has 0 bridgehead atoms. The third-order valence-corrected chi connectivity index (χ3v) is 6.51. The number of hydrogen-bond acceptors (Lipinski definition) is 4. The molecule has 0 saturated heterocycles. The molecular formula is C21H21BrClN5O. The molecule has 3 aromatic heterocycles. The van der Waals surface area contributed by atoms with Gasteiger partial charge in [-0.25, -0.2) is 0 Å². The molecule has 1 aliphatic rings. The molecule has 150 valence electrons. The lowest BCUT2D eigenvalue weighted by molar-refractivity contribution is 0.304. The van der Waals surface area contributed by atoms with E-state index in [0.29, 0.717) is 16.9 Å². The summed E-state index contributed by atoms with van der Waals surface area (Å²) in [6.07, 6.45) is 4.92. The van der Waals surface area contributed by atoms with E-state index in [1.54, 1.807) is 0 Å². The Morgan fingerprint density at radius 1 is 1.31 bits per heavy atom. The summed E-state index contributed by atoms with van der Waals surface area (Å²) in [5.41, 5.74) is 4.54. The van der Waals surface area contributed by atoms with E-state index in [9.17, 15) is 0 Å². The molecule has 0 radical (unpaired) electrons. The van der Waals surface area contributed by atoms with Gasteiger partial charge in [-0.1, -0.05) is 41.4 Å². The zero-order valence-corrected chi connectivity index (χ0v) is 18.9. The van der Waals surface area contributed by atoms with Crippen molar-refractivity contribution < 1.29 is 4.52 Å². The van der Waals surface area contributed by atoms with Crippen LogP contribution in [0.25, 0.3) is 28.4 Å². The summed E-state index contributed by atoms with van der Waals surface area (Å²) in [6, 6.07) is 5.94. The molecule has 0 fully saturated rings. The van der Waals surface area contributed by atoms with Crippen LogP contribution in [0.15, 0.2) is 33.4 Å². The van der Waals surface area contributed by atoms with E-state index in [4.69, 9.17) is 21.2 Å². The van der Waals surface area contributed by atoms with Crippen LogP contribution < -0.4 is 0 Å². The van der Waals surface area contributed by atoms with Gasteiger partial charge in [-0.2, -0.15) is 10.1 Å². The zero-order valence-electron chi connectivity index (χ0n) is 16.5. The van der Waals surface area contributed by atoms with Crippen molar-refractivity contribution in [3.05, 3.63) is 45.1 Å². The van der Waals surface area contributed by atoms with Gasteiger partial charge in [0.25, 0.3) is 11.8 Å². The minimum absolute atomic E-state index is 0.284. The van der Waals surface area contributed by atoms with Gasteiger partial charge in [-0.3, -0.25) is 9.25 Å². The number of rotatable bonds is 3. The summed E-state index contributed by atoms with van der Waals surface area (Å²) < 4.78 is 10.6. The third-order valence-electron chi connectivity index (χ3n) is 5.72. The number of nitrogens with zero attached hydrogens (tertiary/aromatic N) is 5. The van der Waals surface area contributed by atoms with Crippen LogP contribution in [0.2, 0.25) is 5.02 Å². The van der Waals surface area contributed by atoms with Gasteiger partial charge in [0.15, 0.2) is 5.69 Å². The first-order chi connectivity index (χ1) is 13.9. The Hall–Kier alpha value is -2.12. The van der Waals surface area contributed by atoms with Crippen molar-refractivity contribution in [2.24, 2.45) is 5.41 Å². The van der Waals surface area contributed by atoms with E-state index in [1.807, 2.05) is 29.0 Å². The van der Waals surface area contributed by atoms with E-state index < -0.39 is 0 Å². The normalized spacial score (nSPS) is 15.8. The van der Waals surface area contributed by atoms with Crippen LogP contribution in [-0.2, 0) is 19.4 Å². The summed E-state index contributed by atoms with van der Waals surface area (Å²) in [4.78, 5) is 4.67. The second kappa shape index (κ2) is 6.71. The molecule has 8 heteroatoms. The molecule has 6 nitrogen and oxygen atoms in total. The van der Waals surface area contributed by atoms with Crippen molar-refractivity contribution in [1.82, 2.24) is 24.5 Å². The van der Waals surface area contributed by atoms with Crippen LogP contribution in [0.3, 0.4) is 0 Å². The van der Waals surface area contributed by atoms with Crippen LogP contribution in [0, 0.1) is 5.41 Å². The van der Waals surface area contributed by atoms with Gasteiger partial charge in [-0.15, -0.1) is 0 Å². The highest BCUT2D eigenvalue weighted by Gasteiger charge is 2.32. The Labute approximate surface area is 182 Å². The average Bonchev–Trinajstić information content (AvgIpc) is 3.36. The Morgan fingerprint density at radius 3 is 2.93 bits per heavy atom. The lowest BCUT2D eigenvalue weighted by Crippen LogP contribution is -2.24. The molecule has 4 aromatic rings. The molecule has 1 aromatic carbocycles. The SMILES string of the molecule is CCn1nc(-c2nc(-n3cc(Cl)c4cc(Br)ccc43)no2)c2c1CC(C)(C)CC2. The van der Waals surface area contributed by atoms with Gasteiger partial charge < -0.3 is 4.52 Å². The predicted octanol–water partition coefficient (Wildman–Crippen LogP) is 5.83. The zero-order chi connectivity index (χ0) is 20.3. The second-order valence-electron chi connectivity index (χ2n) is 8.34. The second-order valence-corrected chi connectivity index (χ2v) is 9.66. The summed E-state index contributed by atoms with van der Waals surface area (Å²) in [5, 5.41) is 10.6. The van der Waals surface area contributed by atoms with Crippen molar-refractivity contribution in [3.63, 3.8) is 0 Å². The van der Waals surface area contributed by atoms with Gasteiger partial charge in [0.2, 0.25) is 0 Å². The van der Waals surface area contributed by atoms with E-state index in [1.165, 1.54) is 11.3 Å². The molecule has 1 aliphatic carbocycles. The summed E-state index contributed by atoms with van der Waals surface area (Å²) >= 11 is 9.91. The van der Waals surface area contributed by atoms with Crippen molar-refractivity contribution in [1.29, 1.82) is 0 Å². The highest BCUT2D eigenvalue weighted by Crippen LogP contribution is 2.39. The monoisotopic (exact) mass is 473 g/mol. The Kier molecular flexibility index (Phi) is 4.37. The quantitative estimate of drug-likeness (QED) is 0.375. The fourth-order valence-corrected chi connectivity index (χ4v) is 4.78. The van der Waals surface area contributed by atoms with Crippen molar-refractivity contribution >= 4 is 38.4 Å². The minimum atomic E-state index is 0.284. The maximum Gasteiger partial charge on any atom is 0.280 e. The molecule has 5 rings (SSSR count). The molecular weight excluding hydrogens is 454 g/mol. The fourth-order valence-electron chi connectivity index (χ4n) is 4.17. The van der Waals surface area contributed by atoms with Gasteiger partial charge in [0.1, 0.15) is 0 Å². The summed E-state index contributed by atoms with van der Waals surface area (Å²) in [6.45, 7) is 7.56. The molecule has 0 N–H and O–H groups in total. The molecule has 0 atom stereocenters. The van der Waals surface area contributed by atoms with Crippen LogP contribution in [0.5, 0.6) is 0 Å². The average molecular weight is 475 g/mol. The third kappa shape index (κ3) is 3.11. The number of hydrogen-bond donors (Lipinski definition) is 0. The molecule has 3 heterocycles. The first kappa shape index (κ1) is 18.9. The minimum Gasteiger partial charge on any atom is -0.330 e. The summed E-state index contributed by atoms with van der Waals surface area (Å²) in [7, 11) is 0. The molecule has 29 heavy (non-hydrogen) atoms. The van der Waals surface area contributed by atoms with Crippen LogP contribution >= 0.6 is 27.5 Å². The number of aromatic nitrogens is 5. The Morgan fingerprint density at radius 2 is 2.14 bits per heavy atom. The first-order valence-corrected chi connectivity index (χ1v) is 10.9.